The van der Waals surface area contributed by atoms with E-state index in [1.165, 1.54) is 0 Å². The average Bonchev–Trinajstić information content (AvgIpc) is 2.60. The van der Waals surface area contributed by atoms with Crippen molar-refractivity contribution >= 4 is 17.9 Å². The summed E-state index contributed by atoms with van der Waals surface area (Å²) in [5.41, 5.74) is 8.05. The van der Waals surface area contributed by atoms with Gasteiger partial charge in [0.05, 0.1) is 0 Å². The number of aromatic amines is 1. The fourth-order valence-corrected chi connectivity index (χ4v) is 1.60. The molecule has 3 N–H and O–H groups in total. The minimum atomic E-state index is 0.540. The molecule has 0 saturated heterocycles. The lowest BCUT2D eigenvalue weighted by Gasteiger charge is -2.04. The van der Waals surface area contributed by atoms with Gasteiger partial charge in [-0.25, -0.2) is 0 Å². The summed E-state index contributed by atoms with van der Waals surface area (Å²) in [4.78, 5) is 0. The van der Waals surface area contributed by atoms with Gasteiger partial charge >= 0.3 is 0 Å². The molecule has 5 heteroatoms. The second kappa shape index (κ2) is 3.94. The highest BCUT2D eigenvalue weighted by atomic mass is 32.1. The Morgan fingerprint density at radius 2 is 2.31 bits per heavy atom. The third-order valence-electron chi connectivity index (χ3n) is 2.37. The lowest BCUT2D eigenvalue weighted by atomic mass is 10.1. The SMILES string of the molecule is C=C(N)c1cccc(-c2n[nH]c(=S)n2C)c1. The summed E-state index contributed by atoms with van der Waals surface area (Å²) < 4.78 is 2.40. The average molecular weight is 232 g/mol. The summed E-state index contributed by atoms with van der Waals surface area (Å²) in [7, 11) is 1.87. The number of nitrogens with two attached hydrogens (primary N) is 1. The van der Waals surface area contributed by atoms with Crippen LogP contribution in [0, 0.1) is 4.77 Å². The van der Waals surface area contributed by atoms with E-state index in [0.717, 1.165) is 17.0 Å². The third-order valence-corrected chi connectivity index (χ3v) is 2.74. The zero-order chi connectivity index (χ0) is 11.7. The molecule has 0 radical (unpaired) electrons. The Morgan fingerprint density at radius 1 is 1.56 bits per heavy atom. The Kier molecular flexibility index (Phi) is 2.62. The van der Waals surface area contributed by atoms with Crippen molar-refractivity contribution in [3.8, 4) is 11.4 Å². The fraction of sp³-hybridized carbons (Fsp3) is 0.0909. The smallest absolute Gasteiger partial charge is 0.195 e. The maximum Gasteiger partial charge on any atom is 0.195 e. The Bertz CT molecular complexity index is 594. The van der Waals surface area contributed by atoms with E-state index in [4.69, 9.17) is 18.0 Å². The Morgan fingerprint density at radius 3 is 2.88 bits per heavy atom. The minimum Gasteiger partial charge on any atom is -0.399 e. The Hall–Kier alpha value is -1.88. The number of H-pyrrole nitrogens is 1. The van der Waals surface area contributed by atoms with Gasteiger partial charge in [-0.3, -0.25) is 5.10 Å². The van der Waals surface area contributed by atoms with Gasteiger partial charge in [0.25, 0.3) is 0 Å². The first-order valence-electron chi connectivity index (χ1n) is 4.76. The van der Waals surface area contributed by atoms with E-state index in [9.17, 15) is 0 Å². The molecule has 0 bridgehead atoms. The summed E-state index contributed by atoms with van der Waals surface area (Å²) in [6.45, 7) is 3.71. The summed E-state index contributed by atoms with van der Waals surface area (Å²) in [6.07, 6.45) is 0. The zero-order valence-electron chi connectivity index (χ0n) is 8.90. The predicted octanol–water partition coefficient (Wildman–Crippen LogP) is 2.07. The number of nitrogens with one attached hydrogen (secondary N) is 1. The van der Waals surface area contributed by atoms with Crippen molar-refractivity contribution in [3.05, 3.63) is 41.2 Å². The standard InChI is InChI=1S/C11H12N4S/c1-7(12)8-4-3-5-9(6-8)10-13-14-11(16)15(10)2/h3-6H,1,12H2,2H3,(H,14,16). The molecule has 0 aliphatic carbocycles. The number of rotatable bonds is 2. The quantitative estimate of drug-likeness (QED) is 0.779. The van der Waals surface area contributed by atoms with Crippen molar-refractivity contribution < 1.29 is 0 Å². The van der Waals surface area contributed by atoms with Crippen LogP contribution in [-0.4, -0.2) is 14.8 Å². The molecule has 0 aliphatic heterocycles. The van der Waals surface area contributed by atoms with Crippen molar-refractivity contribution in [2.75, 3.05) is 0 Å². The normalized spacial score (nSPS) is 10.3. The van der Waals surface area contributed by atoms with Crippen LogP contribution in [0.15, 0.2) is 30.8 Å². The van der Waals surface area contributed by atoms with E-state index in [1.807, 2.05) is 35.9 Å². The first-order valence-corrected chi connectivity index (χ1v) is 5.17. The van der Waals surface area contributed by atoms with Crippen LogP contribution in [0.25, 0.3) is 17.1 Å². The Balaban J connectivity index is 2.57. The minimum absolute atomic E-state index is 0.540. The largest absolute Gasteiger partial charge is 0.399 e. The van der Waals surface area contributed by atoms with Gasteiger partial charge < -0.3 is 10.3 Å². The summed E-state index contributed by atoms with van der Waals surface area (Å²) in [5, 5.41) is 6.91. The van der Waals surface area contributed by atoms with Crippen LogP contribution in [-0.2, 0) is 7.05 Å². The molecule has 0 fully saturated rings. The third kappa shape index (κ3) is 1.77. The van der Waals surface area contributed by atoms with Crippen LogP contribution in [0.1, 0.15) is 5.56 Å². The topological polar surface area (TPSA) is 59.6 Å². The van der Waals surface area contributed by atoms with Crippen molar-refractivity contribution in [2.45, 2.75) is 0 Å². The summed E-state index contributed by atoms with van der Waals surface area (Å²) >= 11 is 5.06. The molecule has 82 valence electrons. The molecule has 16 heavy (non-hydrogen) atoms. The van der Waals surface area contributed by atoms with Gasteiger partial charge in [0.1, 0.15) is 0 Å². The van der Waals surface area contributed by atoms with Crippen LogP contribution in [0.2, 0.25) is 0 Å². The molecule has 0 aliphatic rings. The number of aromatic nitrogens is 3. The number of benzene rings is 1. The first kappa shape index (κ1) is 10.6. The monoisotopic (exact) mass is 232 g/mol. The first-order chi connectivity index (χ1) is 7.59. The van der Waals surface area contributed by atoms with Crippen molar-refractivity contribution in [1.29, 1.82) is 0 Å². The molecular weight excluding hydrogens is 220 g/mol. The Labute approximate surface area is 98.4 Å². The van der Waals surface area contributed by atoms with Crippen LogP contribution < -0.4 is 5.73 Å². The molecular formula is C11H12N4S. The number of nitrogens with zero attached hydrogens (tertiary/aromatic N) is 2. The van der Waals surface area contributed by atoms with Gasteiger partial charge in [0, 0.05) is 18.3 Å². The van der Waals surface area contributed by atoms with Gasteiger partial charge in [-0.1, -0.05) is 24.8 Å². The molecule has 2 rings (SSSR count). The molecule has 0 unspecified atom stereocenters. The second-order valence-corrected chi connectivity index (χ2v) is 3.90. The van der Waals surface area contributed by atoms with E-state index < -0.39 is 0 Å². The van der Waals surface area contributed by atoms with Gasteiger partial charge in [-0.2, -0.15) is 5.10 Å². The van der Waals surface area contributed by atoms with E-state index >= 15 is 0 Å². The van der Waals surface area contributed by atoms with Crippen LogP contribution >= 0.6 is 12.2 Å². The van der Waals surface area contributed by atoms with Crippen molar-refractivity contribution in [3.63, 3.8) is 0 Å². The highest BCUT2D eigenvalue weighted by Crippen LogP contribution is 2.19. The van der Waals surface area contributed by atoms with Gasteiger partial charge in [-0.05, 0) is 23.8 Å². The highest BCUT2D eigenvalue weighted by molar-refractivity contribution is 7.71. The molecule has 0 amide bonds. The molecule has 1 heterocycles. The van der Waals surface area contributed by atoms with E-state index in [1.54, 1.807) is 0 Å². The van der Waals surface area contributed by atoms with Gasteiger partial charge in [0.2, 0.25) is 0 Å². The molecule has 1 aromatic heterocycles. The summed E-state index contributed by atoms with van der Waals surface area (Å²) in [6, 6.07) is 7.72. The highest BCUT2D eigenvalue weighted by Gasteiger charge is 2.06. The lowest BCUT2D eigenvalue weighted by Crippen LogP contribution is -1.96. The molecule has 0 saturated carbocycles. The van der Waals surface area contributed by atoms with Crippen molar-refractivity contribution in [2.24, 2.45) is 12.8 Å². The maximum atomic E-state index is 5.65. The summed E-state index contributed by atoms with van der Waals surface area (Å²) in [5.74, 6) is 0.785. The van der Waals surface area contributed by atoms with E-state index in [2.05, 4.69) is 16.8 Å². The molecule has 0 spiro atoms. The maximum absolute atomic E-state index is 5.65. The van der Waals surface area contributed by atoms with E-state index in [-0.39, 0.29) is 0 Å². The molecule has 4 nitrogen and oxygen atoms in total. The molecule has 1 aromatic carbocycles. The van der Waals surface area contributed by atoms with Gasteiger partial charge in [-0.15, -0.1) is 0 Å². The second-order valence-electron chi connectivity index (χ2n) is 3.52. The number of hydrogen-bond donors (Lipinski definition) is 2. The van der Waals surface area contributed by atoms with Crippen LogP contribution in [0.3, 0.4) is 0 Å². The van der Waals surface area contributed by atoms with Gasteiger partial charge in [0.15, 0.2) is 10.6 Å². The zero-order valence-corrected chi connectivity index (χ0v) is 9.71. The fourth-order valence-electron chi connectivity index (χ4n) is 1.46. The molecule has 0 atom stereocenters. The van der Waals surface area contributed by atoms with Crippen LogP contribution in [0.4, 0.5) is 0 Å². The van der Waals surface area contributed by atoms with Crippen LogP contribution in [0.5, 0.6) is 0 Å². The molecule has 2 aromatic rings. The number of hydrogen-bond acceptors (Lipinski definition) is 3. The van der Waals surface area contributed by atoms with E-state index in [0.29, 0.717) is 10.5 Å². The predicted molar refractivity (Wildman–Crippen MR) is 67.1 cm³/mol. The lowest BCUT2D eigenvalue weighted by molar-refractivity contribution is 0.902. The van der Waals surface area contributed by atoms with Crippen molar-refractivity contribution in [1.82, 2.24) is 14.8 Å².